The Morgan fingerprint density at radius 3 is 2.69 bits per heavy atom. The lowest BCUT2D eigenvalue weighted by molar-refractivity contribution is 0.0891. The normalized spacial score (nSPS) is 20.5. The quantitative estimate of drug-likeness (QED) is 0.909. The highest BCUT2D eigenvalue weighted by Gasteiger charge is 2.25. The van der Waals surface area contributed by atoms with E-state index in [1.54, 1.807) is 10.7 Å². The summed E-state index contributed by atoms with van der Waals surface area (Å²) in [5, 5.41) is 7.40. The molecule has 140 valence electrons. The van der Waals surface area contributed by atoms with Gasteiger partial charge < -0.3 is 10.2 Å². The number of nitrogens with one attached hydrogen (secondary N) is 1. The lowest BCUT2D eigenvalue weighted by Gasteiger charge is -2.35. The van der Waals surface area contributed by atoms with Crippen LogP contribution in [0.2, 0.25) is 0 Å². The van der Waals surface area contributed by atoms with Gasteiger partial charge in [-0.25, -0.2) is 9.50 Å². The number of fused-ring (bicyclic) bond motifs is 1. The molecule has 0 spiro atoms. The summed E-state index contributed by atoms with van der Waals surface area (Å²) in [5.41, 5.74) is 0.914. The highest BCUT2D eigenvalue weighted by atomic mass is 16.2. The monoisotopic (exact) mass is 356 g/mol. The molecule has 1 aliphatic heterocycles. The molecule has 1 N–H and O–H groups in total. The molecule has 3 heterocycles. The second kappa shape index (κ2) is 7.70. The molecule has 0 unspecified atom stereocenters. The van der Waals surface area contributed by atoms with Crippen LogP contribution in [0.3, 0.4) is 0 Å². The number of nitrogens with zero attached hydrogens (tertiary/aromatic N) is 5. The summed E-state index contributed by atoms with van der Waals surface area (Å²) in [7, 11) is 0. The molecule has 1 saturated heterocycles. The average Bonchev–Trinajstić information content (AvgIpc) is 3.10. The molecule has 1 aliphatic carbocycles. The molecular formula is C19H28N6O. The van der Waals surface area contributed by atoms with Crippen LogP contribution in [-0.2, 0) is 0 Å². The lowest BCUT2D eigenvalue weighted by atomic mass is 9.88. The SMILES string of the molecule is Cc1ccnc2nc(C(=O)NC3CCN(CC4CCCCC4)CC3)nn12. The molecule has 0 atom stereocenters. The van der Waals surface area contributed by atoms with Crippen LogP contribution in [0.5, 0.6) is 0 Å². The van der Waals surface area contributed by atoms with E-state index in [1.165, 1.54) is 38.6 Å². The summed E-state index contributed by atoms with van der Waals surface area (Å²) in [6.07, 6.45) is 10.7. The van der Waals surface area contributed by atoms with E-state index in [0.29, 0.717) is 5.78 Å². The molecule has 0 aromatic carbocycles. The Labute approximate surface area is 154 Å². The molecular weight excluding hydrogens is 328 g/mol. The minimum atomic E-state index is -0.194. The Morgan fingerprint density at radius 1 is 1.19 bits per heavy atom. The number of aromatic nitrogens is 4. The van der Waals surface area contributed by atoms with Crippen molar-refractivity contribution in [2.75, 3.05) is 19.6 Å². The Bertz CT molecular complexity index is 758. The topological polar surface area (TPSA) is 75.4 Å². The molecule has 2 aliphatic rings. The third-order valence-corrected chi connectivity index (χ3v) is 5.80. The molecule has 4 rings (SSSR count). The summed E-state index contributed by atoms with van der Waals surface area (Å²) < 4.78 is 1.61. The molecule has 7 nitrogen and oxygen atoms in total. The van der Waals surface area contributed by atoms with Gasteiger partial charge in [0.05, 0.1) is 0 Å². The molecule has 2 aromatic heterocycles. The Kier molecular flexibility index (Phi) is 5.15. The molecule has 2 fully saturated rings. The molecule has 0 radical (unpaired) electrons. The van der Waals surface area contributed by atoms with Crippen LogP contribution in [0, 0.1) is 12.8 Å². The van der Waals surface area contributed by atoms with Gasteiger partial charge in [0.2, 0.25) is 5.82 Å². The van der Waals surface area contributed by atoms with Crippen LogP contribution >= 0.6 is 0 Å². The maximum Gasteiger partial charge on any atom is 0.291 e. The number of rotatable bonds is 4. The predicted octanol–water partition coefficient (Wildman–Crippen LogP) is 2.21. The molecule has 2 aromatic rings. The van der Waals surface area contributed by atoms with E-state index in [4.69, 9.17) is 0 Å². The molecule has 7 heteroatoms. The fraction of sp³-hybridized carbons (Fsp3) is 0.684. The first-order valence-electron chi connectivity index (χ1n) is 9.90. The zero-order chi connectivity index (χ0) is 17.9. The first-order chi connectivity index (χ1) is 12.7. The van der Waals surface area contributed by atoms with Crippen LogP contribution in [0.15, 0.2) is 12.3 Å². The number of piperidine rings is 1. The van der Waals surface area contributed by atoms with Gasteiger partial charge in [0, 0.05) is 37.6 Å². The Morgan fingerprint density at radius 2 is 1.96 bits per heavy atom. The maximum absolute atomic E-state index is 12.5. The predicted molar refractivity (Wildman–Crippen MR) is 99.0 cm³/mol. The van der Waals surface area contributed by atoms with Crippen molar-refractivity contribution < 1.29 is 4.79 Å². The van der Waals surface area contributed by atoms with E-state index in [9.17, 15) is 4.79 Å². The van der Waals surface area contributed by atoms with E-state index in [2.05, 4.69) is 25.3 Å². The number of carbonyl (C=O) groups is 1. The van der Waals surface area contributed by atoms with Gasteiger partial charge in [0.15, 0.2) is 0 Å². The van der Waals surface area contributed by atoms with Crippen LogP contribution < -0.4 is 5.32 Å². The lowest BCUT2D eigenvalue weighted by Crippen LogP contribution is -2.46. The van der Waals surface area contributed by atoms with Gasteiger partial charge in [-0.3, -0.25) is 4.79 Å². The van der Waals surface area contributed by atoms with Crippen molar-refractivity contribution in [3.8, 4) is 0 Å². The third kappa shape index (κ3) is 3.87. The minimum absolute atomic E-state index is 0.194. The smallest absolute Gasteiger partial charge is 0.291 e. The van der Waals surface area contributed by atoms with Crippen molar-refractivity contribution in [3.05, 3.63) is 23.8 Å². The number of aryl methyl sites for hydroxylation is 1. The second-order valence-corrected chi connectivity index (χ2v) is 7.79. The van der Waals surface area contributed by atoms with Gasteiger partial charge in [-0.1, -0.05) is 19.3 Å². The summed E-state index contributed by atoms with van der Waals surface area (Å²) in [6.45, 7) is 5.30. The second-order valence-electron chi connectivity index (χ2n) is 7.79. The highest BCUT2D eigenvalue weighted by molar-refractivity contribution is 5.91. The van der Waals surface area contributed by atoms with Gasteiger partial charge >= 0.3 is 0 Å². The molecule has 26 heavy (non-hydrogen) atoms. The van der Waals surface area contributed by atoms with E-state index >= 15 is 0 Å². The average molecular weight is 356 g/mol. The van der Waals surface area contributed by atoms with Crippen molar-refractivity contribution >= 4 is 11.7 Å². The van der Waals surface area contributed by atoms with Crippen LogP contribution in [-0.4, -0.2) is 56.1 Å². The fourth-order valence-electron chi connectivity index (χ4n) is 4.25. The van der Waals surface area contributed by atoms with Crippen molar-refractivity contribution in [2.24, 2.45) is 5.92 Å². The number of carbonyl (C=O) groups excluding carboxylic acids is 1. The first-order valence-corrected chi connectivity index (χ1v) is 9.90. The van der Waals surface area contributed by atoms with Gasteiger partial charge in [-0.15, -0.1) is 5.10 Å². The Hall–Kier alpha value is -2.02. The number of amides is 1. The van der Waals surface area contributed by atoms with E-state index in [-0.39, 0.29) is 17.8 Å². The van der Waals surface area contributed by atoms with Gasteiger partial charge in [-0.2, -0.15) is 4.98 Å². The Balaban J connectivity index is 1.29. The standard InChI is InChI=1S/C19H28N6O/c1-14-7-10-20-19-22-17(23-25(14)19)18(26)21-16-8-11-24(12-9-16)13-15-5-3-2-4-6-15/h7,10,15-16H,2-6,8-9,11-13H2,1H3,(H,21,26). The van der Waals surface area contributed by atoms with Gasteiger partial charge in [0.1, 0.15) is 0 Å². The van der Waals surface area contributed by atoms with Gasteiger partial charge in [-0.05, 0) is 44.6 Å². The molecule has 1 amide bonds. The first kappa shape index (κ1) is 17.4. The van der Waals surface area contributed by atoms with E-state index < -0.39 is 0 Å². The number of likely N-dealkylation sites (tertiary alicyclic amines) is 1. The van der Waals surface area contributed by atoms with Crippen LogP contribution in [0.1, 0.15) is 61.3 Å². The third-order valence-electron chi connectivity index (χ3n) is 5.80. The summed E-state index contributed by atoms with van der Waals surface area (Å²) >= 11 is 0. The molecule has 0 bridgehead atoms. The summed E-state index contributed by atoms with van der Waals surface area (Å²) in [5.74, 6) is 1.36. The van der Waals surface area contributed by atoms with Crippen molar-refractivity contribution in [3.63, 3.8) is 0 Å². The summed E-state index contributed by atoms with van der Waals surface area (Å²) in [6, 6.07) is 2.07. The van der Waals surface area contributed by atoms with Crippen LogP contribution in [0.4, 0.5) is 0 Å². The summed E-state index contributed by atoms with van der Waals surface area (Å²) in [4.78, 5) is 23.5. The van der Waals surface area contributed by atoms with E-state index in [0.717, 1.165) is 37.5 Å². The highest BCUT2D eigenvalue weighted by Crippen LogP contribution is 2.25. The fourth-order valence-corrected chi connectivity index (χ4v) is 4.25. The number of hydrogen-bond acceptors (Lipinski definition) is 5. The molecule has 1 saturated carbocycles. The largest absolute Gasteiger partial charge is 0.346 e. The van der Waals surface area contributed by atoms with Gasteiger partial charge in [0.25, 0.3) is 11.7 Å². The minimum Gasteiger partial charge on any atom is -0.346 e. The van der Waals surface area contributed by atoms with Crippen molar-refractivity contribution in [1.29, 1.82) is 0 Å². The number of hydrogen-bond donors (Lipinski definition) is 1. The van der Waals surface area contributed by atoms with Crippen molar-refractivity contribution in [1.82, 2.24) is 29.8 Å². The van der Waals surface area contributed by atoms with Crippen molar-refractivity contribution in [2.45, 2.75) is 57.9 Å². The maximum atomic E-state index is 12.5. The zero-order valence-corrected chi connectivity index (χ0v) is 15.5. The zero-order valence-electron chi connectivity index (χ0n) is 15.5. The van der Waals surface area contributed by atoms with E-state index in [1.807, 2.05) is 13.0 Å². The van der Waals surface area contributed by atoms with Crippen LogP contribution in [0.25, 0.3) is 5.78 Å².